The number of carbonyl (C=O) groups excluding carboxylic acids is 1. The molecule has 0 heterocycles. The molecule has 1 aliphatic rings. The highest BCUT2D eigenvalue weighted by molar-refractivity contribution is 7.89. The van der Waals surface area contributed by atoms with Crippen LogP contribution >= 0.6 is 11.6 Å². The number of benzene rings is 2. The number of ether oxygens (including phenoxy) is 2. The van der Waals surface area contributed by atoms with Gasteiger partial charge in [-0.2, -0.15) is 4.31 Å². The number of methoxy groups -OCH3 is 2. The van der Waals surface area contributed by atoms with Crippen LogP contribution in [0.2, 0.25) is 5.02 Å². The lowest BCUT2D eigenvalue weighted by Gasteiger charge is -2.33. The van der Waals surface area contributed by atoms with Gasteiger partial charge in [-0.05, 0) is 44.0 Å². The van der Waals surface area contributed by atoms with Crippen LogP contribution in [0.15, 0.2) is 47.4 Å². The van der Waals surface area contributed by atoms with Gasteiger partial charge in [0.2, 0.25) is 15.9 Å². The number of para-hydroxylation sites is 1. The van der Waals surface area contributed by atoms with Gasteiger partial charge in [-0.25, -0.2) is 8.42 Å². The Hall–Kier alpha value is -2.29. The summed E-state index contributed by atoms with van der Waals surface area (Å²) in [6, 6.07) is 11.2. The molecule has 1 atom stereocenters. The number of sulfonamides is 1. The molecule has 0 bridgehead atoms. The molecular weight excluding hydrogens is 464 g/mol. The molecule has 0 aromatic heterocycles. The number of halogens is 1. The van der Waals surface area contributed by atoms with E-state index >= 15 is 0 Å². The van der Waals surface area contributed by atoms with Crippen molar-refractivity contribution in [3.63, 3.8) is 0 Å². The van der Waals surface area contributed by atoms with E-state index < -0.39 is 10.0 Å². The lowest BCUT2D eigenvalue weighted by molar-refractivity contribution is -0.122. The average Bonchev–Trinajstić information content (AvgIpc) is 2.82. The molecule has 0 radical (unpaired) electrons. The molecule has 2 aromatic rings. The summed E-state index contributed by atoms with van der Waals surface area (Å²) in [5, 5.41) is 3.13. The third kappa shape index (κ3) is 5.99. The van der Waals surface area contributed by atoms with Crippen molar-refractivity contribution >= 4 is 27.5 Å². The van der Waals surface area contributed by atoms with E-state index in [1.807, 2.05) is 31.2 Å². The Labute approximate surface area is 201 Å². The molecule has 1 N–H and O–H groups in total. The second-order valence-electron chi connectivity index (χ2n) is 8.17. The van der Waals surface area contributed by atoms with Crippen molar-refractivity contribution in [2.24, 2.45) is 0 Å². The molecule has 1 amide bonds. The van der Waals surface area contributed by atoms with Gasteiger partial charge in [0.1, 0.15) is 11.5 Å². The SMILES string of the molecule is COc1ccc(S(=O)(=O)N(CC(=O)N[C@@H](C)c2ccccc2OC)C2CCCCC2)cc1Cl. The molecule has 0 saturated heterocycles. The van der Waals surface area contributed by atoms with Crippen LogP contribution < -0.4 is 14.8 Å². The maximum absolute atomic E-state index is 13.6. The largest absolute Gasteiger partial charge is 0.496 e. The molecule has 3 rings (SSSR count). The lowest BCUT2D eigenvalue weighted by Crippen LogP contribution is -2.47. The lowest BCUT2D eigenvalue weighted by atomic mass is 9.95. The topological polar surface area (TPSA) is 84.9 Å². The van der Waals surface area contributed by atoms with Gasteiger partial charge < -0.3 is 14.8 Å². The summed E-state index contributed by atoms with van der Waals surface area (Å²) in [7, 11) is -0.905. The number of nitrogens with zero attached hydrogens (tertiary/aromatic N) is 1. The number of hydrogen-bond donors (Lipinski definition) is 1. The van der Waals surface area contributed by atoms with Gasteiger partial charge in [0.25, 0.3) is 0 Å². The molecule has 2 aromatic carbocycles. The van der Waals surface area contributed by atoms with Crippen molar-refractivity contribution in [2.45, 2.75) is 56.0 Å². The van der Waals surface area contributed by atoms with E-state index in [1.165, 1.54) is 29.6 Å². The van der Waals surface area contributed by atoms with Gasteiger partial charge in [-0.15, -0.1) is 0 Å². The minimum Gasteiger partial charge on any atom is -0.496 e. The van der Waals surface area contributed by atoms with Gasteiger partial charge in [0.15, 0.2) is 0 Å². The zero-order valence-corrected chi connectivity index (χ0v) is 20.8. The molecule has 9 heteroatoms. The Bertz CT molecular complexity index is 1070. The number of nitrogens with one attached hydrogen (secondary N) is 1. The zero-order chi connectivity index (χ0) is 24.0. The predicted octanol–water partition coefficient (Wildman–Crippen LogP) is 4.56. The number of hydrogen-bond acceptors (Lipinski definition) is 5. The monoisotopic (exact) mass is 494 g/mol. The number of carbonyl (C=O) groups is 1. The highest BCUT2D eigenvalue weighted by Gasteiger charge is 2.34. The first-order chi connectivity index (χ1) is 15.8. The van der Waals surface area contributed by atoms with Crippen molar-refractivity contribution in [2.75, 3.05) is 20.8 Å². The van der Waals surface area contributed by atoms with Gasteiger partial charge in [-0.1, -0.05) is 49.1 Å². The second kappa shape index (κ2) is 11.2. The molecule has 7 nitrogen and oxygen atoms in total. The Balaban J connectivity index is 1.85. The molecule has 33 heavy (non-hydrogen) atoms. The summed E-state index contributed by atoms with van der Waals surface area (Å²) >= 11 is 6.20. The summed E-state index contributed by atoms with van der Waals surface area (Å²) in [5.41, 5.74) is 0.822. The maximum Gasteiger partial charge on any atom is 0.243 e. The second-order valence-corrected chi connectivity index (χ2v) is 10.5. The molecule has 0 spiro atoms. The van der Waals surface area contributed by atoms with Gasteiger partial charge in [-0.3, -0.25) is 4.79 Å². The maximum atomic E-state index is 13.6. The predicted molar refractivity (Wildman–Crippen MR) is 128 cm³/mol. The standard InChI is InChI=1S/C24H31ClN2O5S/c1-17(20-11-7-8-12-22(20)31-2)26-24(28)16-27(18-9-5-4-6-10-18)33(29,30)19-13-14-23(32-3)21(25)15-19/h7-8,11-15,17-18H,4-6,9-10,16H2,1-3H3,(H,26,28)/t17-/m0/s1. The average molecular weight is 495 g/mol. The Morgan fingerprint density at radius 3 is 2.39 bits per heavy atom. The fraction of sp³-hybridized carbons (Fsp3) is 0.458. The molecule has 0 unspecified atom stereocenters. The first kappa shape index (κ1) is 25.3. The van der Waals surface area contributed by atoms with Crippen LogP contribution in [0.3, 0.4) is 0 Å². The van der Waals surface area contributed by atoms with Crippen LogP contribution in [-0.4, -0.2) is 45.4 Å². The minimum absolute atomic E-state index is 0.0458. The zero-order valence-electron chi connectivity index (χ0n) is 19.2. The fourth-order valence-electron chi connectivity index (χ4n) is 4.25. The number of amides is 1. The molecular formula is C24H31ClN2O5S. The van der Waals surface area contributed by atoms with Crippen LogP contribution in [-0.2, 0) is 14.8 Å². The van der Waals surface area contributed by atoms with Gasteiger partial charge >= 0.3 is 0 Å². The van der Waals surface area contributed by atoms with Crippen molar-refractivity contribution in [1.29, 1.82) is 0 Å². The van der Waals surface area contributed by atoms with Crippen LogP contribution in [0.1, 0.15) is 50.6 Å². The minimum atomic E-state index is -3.95. The van der Waals surface area contributed by atoms with Crippen molar-refractivity contribution in [3.8, 4) is 11.5 Å². The van der Waals surface area contributed by atoms with E-state index in [-0.39, 0.29) is 34.5 Å². The molecule has 1 saturated carbocycles. The number of rotatable bonds is 9. The molecule has 0 aliphatic heterocycles. The van der Waals surface area contributed by atoms with E-state index in [1.54, 1.807) is 7.11 Å². The third-order valence-electron chi connectivity index (χ3n) is 5.99. The first-order valence-electron chi connectivity index (χ1n) is 11.1. The summed E-state index contributed by atoms with van der Waals surface area (Å²) in [4.78, 5) is 13.1. The van der Waals surface area contributed by atoms with E-state index in [4.69, 9.17) is 21.1 Å². The smallest absolute Gasteiger partial charge is 0.243 e. The molecule has 180 valence electrons. The Morgan fingerprint density at radius 1 is 1.09 bits per heavy atom. The van der Waals surface area contributed by atoms with Gasteiger partial charge in [0.05, 0.1) is 36.7 Å². The fourth-order valence-corrected chi connectivity index (χ4v) is 6.24. The summed E-state index contributed by atoms with van der Waals surface area (Å²) in [6.45, 7) is 1.58. The Kier molecular flexibility index (Phi) is 8.62. The van der Waals surface area contributed by atoms with Crippen LogP contribution in [0.5, 0.6) is 11.5 Å². The highest BCUT2D eigenvalue weighted by Crippen LogP contribution is 2.32. The molecule has 1 aliphatic carbocycles. The van der Waals surface area contributed by atoms with E-state index in [0.29, 0.717) is 11.5 Å². The third-order valence-corrected chi connectivity index (χ3v) is 8.18. The van der Waals surface area contributed by atoms with Crippen LogP contribution in [0, 0.1) is 0 Å². The first-order valence-corrected chi connectivity index (χ1v) is 12.9. The molecule has 1 fully saturated rings. The van der Waals surface area contributed by atoms with E-state index in [2.05, 4.69) is 5.32 Å². The van der Waals surface area contributed by atoms with Crippen molar-refractivity contribution in [1.82, 2.24) is 9.62 Å². The van der Waals surface area contributed by atoms with E-state index in [0.717, 1.165) is 37.7 Å². The normalized spacial score (nSPS) is 15.8. The quantitative estimate of drug-likeness (QED) is 0.552. The van der Waals surface area contributed by atoms with Crippen LogP contribution in [0.25, 0.3) is 0 Å². The van der Waals surface area contributed by atoms with Crippen molar-refractivity contribution < 1.29 is 22.7 Å². The highest BCUT2D eigenvalue weighted by atomic mass is 35.5. The summed E-state index contributed by atoms with van der Waals surface area (Å²) in [6.07, 6.45) is 4.37. The van der Waals surface area contributed by atoms with Crippen molar-refractivity contribution in [3.05, 3.63) is 53.1 Å². The summed E-state index contributed by atoms with van der Waals surface area (Å²) in [5.74, 6) is 0.681. The van der Waals surface area contributed by atoms with E-state index in [9.17, 15) is 13.2 Å². The summed E-state index contributed by atoms with van der Waals surface area (Å²) < 4.78 is 39.1. The van der Waals surface area contributed by atoms with Gasteiger partial charge in [0, 0.05) is 11.6 Å². The van der Waals surface area contributed by atoms with Crippen LogP contribution in [0.4, 0.5) is 0 Å². The Morgan fingerprint density at radius 2 is 1.76 bits per heavy atom.